The van der Waals surface area contributed by atoms with Crippen LogP contribution in [-0.2, 0) is 4.79 Å². The summed E-state index contributed by atoms with van der Waals surface area (Å²) in [6.45, 7) is 0. The molecule has 0 saturated heterocycles. The van der Waals surface area contributed by atoms with Crippen LogP contribution in [0.4, 0.5) is 0 Å². The third kappa shape index (κ3) is 3.17. The number of ether oxygens (including phenoxy) is 2. The molecule has 3 heteroatoms. The van der Waals surface area contributed by atoms with Crippen molar-refractivity contribution in [3.05, 3.63) is 95.6 Å². The van der Waals surface area contributed by atoms with Gasteiger partial charge >= 0.3 is 0 Å². The minimum Gasteiger partial charge on any atom is -0.480 e. The summed E-state index contributed by atoms with van der Waals surface area (Å²) in [6, 6.07) is 24.9. The number of hydrogen-bond donors (Lipinski definition) is 0. The second kappa shape index (κ2) is 6.65. The lowest BCUT2D eigenvalue weighted by Gasteiger charge is -2.25. The first-order valence-corrected chi connectivity index (χ1v) is 8.09. The van der Waals surface area contributed by atoms with E-state index in [2.05, 4.69) is 0 Å². The number of rotatable bonds is 4. The molecule has 0 amide bonds. The van der Waals surface area contributed by atoms with E-state index < -0.39 is 0 Å². The van der Waals surface area contributed by atoms with E-state index in [1.54, 1.807) is 0 Å². The van der Waals surface area contributed by atoms with Gasteiger partial charge in [-0.2, -0.15) is 0 Å². The number of hydrogen-bond acceptors (Lipinski definition) is 3. The normalized spacial score (nSPS) is 15.5. The van der Waals surface area contributed by atoms with Crippen LogP contribution in [0.25, 0.3) is 6.08 Å². The molecule has 3 aromatic carbocycles. The molecule has 1 heterocycles. The van der Waals surface area contributed by atoms with Gasteiger partial charge in [-0.15, -0.1) is 0 Å². The maximum atomic E-state index is 11.5. The van der Waals surface area contributed by atoms with Crippen LogP contribution in [0.3, 0.4) is 0 Å². The summed E-state index contributed by atoms with van der Waals surface area (Å²) in [7, 11) is 0. The Bertz CT molecular complexity index is 915. The maximum Gasteiger partial charge on any atom is 0.152 e. The number of carbonyl (C=O) groups is 1. The van der Waals surface area contributed by atoms with Gasteiger partial charge in [0, 0.05) is 11.1 Å². The van der Waals surface area contributed by atoms with Gasteiger partial charge in [-0.05, 0) is 42.0 Å². The third-order valence-electron chi connectivity index (χ3n) is 4.07. The quantitative estimate of drug-likeness (QED) is 0.618. The number of benzene rings is 3. The largest absolute Gasteiger partial charge is 0.480 e. The van der Waals surface area contributed by atoms with Crippen LogP contribution in [0, 0.1) is 0 Å². The molecule has 0 aromatic heterocycles. The zero-order chi connectivity index (χ0) is 17.1. The summed E-state index contributed by atoms with van der Waals surface area (Å²) in [5.74, 6) is 2.20. The number of fused-ring (bicyclic) bond motifs is 1. The molecule has 0 N–H and O–H groups in total. The lowest BCUT2D eigenvalue weighted by Crippen LogP contribution is -2.15. The molecule has 1 atom stereocenters. The Kier molecular flexibility index (Phi) is 4.05. The topological polar surface area (TPSA) is 35.5 Å². The van der Waals surface area contributed by atoms with Crippen LogP contribution >= 0.6 is 0 Å². The summed E-state index contributed by atoms with van der Waals surface area (Å²) in [6.07, 6.45) is 2.33. The highest BCUT2D eigenvalue weighted by Gasteiger charge is 2.24. The van der Waals surface area contributed by atoms with Crippen molar-refractivity contribution in [2.24, 2.45) is 0 Å². The van der Waals surface area contributed by atoms with E-state index in [4.69, 9.17) is 9.47 Å². The van der Waals surface area contributed by atoms with Crippen LogP contribution in [0.5, 0.6) is 17.2 Å². The minimum atomic E-state index is -0.382. The van der Waals surface area contributed by atoms with Crippen molar-refractivity contribution < 1.29 is 14.3 Å². The fourth-order valence-electron chi connectivity index (χ4n) is 2.87. The summed E-state index contributed by atoms with van der Waals surface area (Å²) < 4.78 is 11.9. The molecule has 0 spiro atoms. The lowest BCUT2D eigenvalue weighted by atomic mass is 9.97. The molecule has 0 saturated carbocycles. The first-order valence-electron chi connectivity index (χ1n) is 8.09. The Morgan fingerprint density at radius 3 is 2.28 bits per heavy atom. The van der Waals surface area contributed by atoms with E-state index in [1.807, 2.05) is 84.9 Å². The van der Waals surface area contributed by atoms with Crippen LogP contribution in [0.1, 0.15) is 17.2 Å². The number of carbonyl (C=O) groups excluding carboxylic acids is 1. The predicted molar refractivity (Wildman–Crippen MR) is 96.8 cm³/mol. The molecule has 3 nitrogen and oxygen atoms in total. The molecule has 122 valence electrons. The van der Waals surface area contributed by atoms with Gasteiger partial charge in [-0.1, -0.05) is 48.5 Å². The van der Waals surface area contributed by atoms with E-state index in [1.165, 1.54) is 0 Å². The third-order valence-corrected chi connectivity index (χ3v) is 4.07. The second-order valence-electron chi connectivity index (χ2n) is 5.79. The highest BCUT2D eigenvalue weighted by molar-refractivity contribution is 5.86. The Morgan fingerprint density at radius 1 is 0.840 bits per heavy atom. The lowest BCUT2D eigenvalue weighted by molar-refractivity contribution is -0.105. The molecule has 25 heavy (non-hydrogen) atoms. The summed E-state index contributed by atoms with van der Waals surface area (Å²) >= 11 is 0. The van der Waals surface area contributed by atoms with Gasteiger partial charge in [0.1, 0.15) is 23.5 Å². The summed E-state index contributed by atoms with van der Waals surface area (Å²) in [5.41, 5.74) is 2.38. The second-order valence-corrected chi connectivity index (χ2v) is 5.79. The Labute approximate surface area is 146 Å². The van der Waals surface area contributed by atoms with Gasteiger partial charge in [0.05, 0.1) is 0 Å². The fraction of sp³-hybridized carbons (Fsp3) is 0.0455. The smallest absolute Gasteiger partial charge is 0.152 e. The SMILES string of the molecule is O=CC1=Cc2cc(Oc3ccccc3)ccc2OC1c1ccccc1. The number of aldehydes is 1. The van der Waals surface area contributed by atoms with Gasteiger partial charge in [-0.3, -0.25) is 4.79 Å². The fourth-order valence-corrected chi connectivity index (χ4v) is 2.87. The molecule has 4 rings (SSSR count). The van der Waals surface area contributed by atoms with Gasteiger partial charge in [0.25, 0.3) is 0 Å². The van der Waals surface area contributed by atoms with E-state index in [9.17, 15) is 4.79 Å². The molecular formula is C22H16O3. The van der Waals surface area contributed by atoms with E-state index >= 15 is 0 Å². The van der Waals surface area contributed by atoms with Crippen molar-refractivity contribution in [1.82, 2.24) is 0 Å². The van der Waals surface area contributed by atoms with Gasteiger partial charge in [-0.25, -0.2) is 0 Å². The van der Waals surface area contributed by atoms with Crippen LogP contribution < -0.4 is 9.47 Å². The standard InChI is InChI=1S/C22H16O3/c23-15-18-13-17-14-20(24-19-9-5-2-6-10-19)11-12-21(17)25-22(18)16-7-3-1-4-8-16/h1-15,22H. The monoisotopic (exact) mass is 328 g/mol. The van der Waals surface area contributed by atoms with Crippen LogP contribution in [0.2, 0.25) is 0 Å². The predicted octanol–water partition coefficient (Wildman–Crippen LogP) is 5.19. The molecule has 0 bridgehead atoms. The zero-order valence-electron chi connectivity index (χ0n) is 13.5. The van der Waals surface area contributed by atoms with Crippen molar-refractivity contribution in [2.75, 3.05) is 0 Å². The van der Waals surface area contributed by atoms with E-state index in [0.29, 0.717) is 11.3 Å². The van der Waals surface area contributed by atoms with Crippen molar-refractivity contribution >= 4 is 12.4 Å². The van der Waals surface area contributed by atoms with Crippen molar-refractivity contribution in [1.29, 1.82) is 0 Å². The average molecular weight is 328 g/mol. The summed E-state index contributed by atoms with van der Waals surface area (Å²) in [4.78, 5) is 11.5. The van der Waals surface area contributed by atoms with E-state index in [0.717, 1.165) is 28.9 Å². The molecule has 1 aliphatic rings. The summed E-state index contributed by atoms with van der Waals surface area (Å²) in [5, 5.41) is 0. The molecule has 3 aromatic rings. The van der Waals surface area contributed by atoms with E-state index in [-0.39, 0.29) is 6.10 Å². The molecule has 0 radical (unpaired) electrons. The molecule has 0 aliphatic carbocycles. The molecular weight excluding hydrogens is 312 g/mol. The van der Waals surface area contributed by atoms with Crippen molar-refractivity contribution in [3.63, 3.8) is 0 Å². The van der Waals surface area contributed by atoms with Gasteiger partial charge in [0.15, 0.2) is 6.10 Å². The Hall–Kier alpha value is -3.33. The first kappa shape index (κ1) is 15.2. The average Bonchev–Trinajstić information content (AvgIpc) is 2.68. The molecule has 1 unspecified atom stereocenters. The Balaban J connectivity index is 1.66. The van der Waals surface area contributed by atoms with Crippen molar-refractivity contribution in [2.45, 2.75) is 6.10 Å². The van der Waals surface area contributed by atoms with Crippen molar-refractivity contribution in [3.8, 4) is 17.2 Å². The minimum absolute atomic E-state index is 0.382. The highest BCUT2D eigenvalue weighted by Crippen LogP contribution is 2.38. The molecule has 0 fully saturated rings. The van der Waals surface area contributed by atoms with Gasteiger partial charge in [0.2, 0.25) is 0 Å². The first-order chi connectivity index (χ1) is 12.3. The van der Waals surface area contributed by atoms with Crippen LogP contribution in [0.15, 0.2) is 84.4 Å². The number of para-hydroxylation sites is 1. The van der Waals surface area contributed by atoms with Gasteiger partial charge < -0.3 is 9.47 Å². The van der Waals surface area contributed by atoms with Crippen LogP contribution in [-0.4, -0.2) is 6.29 Å². The highest BCUT2D eigenvalue weighted by atomic mass is 16.5. The Morgan fingerprint density at radius 2 is 1.56 bits per heavy atom. The zero-order valence-corrected chi connectivity index (χ0v) is 13.5. The maximum absolute atomic E-state index is 11.5. The molecule has 1 aliphatic heterocycles.